The first-order valence-corrected chi connectivity index (χ1v) is 9.97. The molecule has 1 aliphatic carbocycles. The minimum atomic E-state index is -1.45. The van der Waals surface area contributed by atoms with Crippen LogP contribution in [0.1, 0.15) is 31.0 Å². The van der Waals surface area contributed by atoms with Crippen LogP contribution in [0.4, 0.5) is 8.78 Å². The number of carbonyl (C=O) groups is 1. The van der Waals surface area contributed by atoms with E-state index in [4.69, 9.17) is 16.2 Å². The molecule has 29 heavy (non-hydrogen) atoms. The van der Waals surface area contributed by atoms with Crippen LogP contribution >= 0.6 is 15.9 Å². The summed E-state index contributed by atoms with van der Waals surface area (Å²) in [6, 6.07) is 3.53. The van der Waals surface area contributed by atoms with Crippen LogP contribution in [0.5, 0.6) is 5.75 Å². The second-order valence-electron chi connectivity index (χ2n) is 7.87. The van der Waals surface area contributed by atoms with E-state index < -0.39 is 28.6 Å². The van der Waals surface area contributed by atoms with Gasteiger partial charge in [0.1, 0.15) is 40.7 Å². The van der Waals surface area contributed by atoms with Gasteiger partial charge in [0.25, 0.3) is 0 Å². The van der Waals surface area contributed by atoms with Gasteiger partial charge < -0.3 is 21.3 Å². The molecule has 2 aromatic rings. The molecule has 1 aliphatic heterocycles. The van der Waals surface area contributed by atoms with Gasteiger partial charge in [-0.05, 0) is 59.8 Å². The van der Waals surface area contributed by atoms with E-state index in [2.05, 4.69) is 20.9 Å². The van der Waals surface area contributed by atoms with Crippen LogP contribution in [0.2, 0.25) is 0 Å². The van der Waals surface area contributed by atoms with Crippen LogP contribution in [0.25, 0.3) is 11.3 Å². The zero-order chi connectivity index (χ0) is 21.1. The highest BCUT2D eigenvalue weighted by molar-refractivity contribution is 9.10. The highest BCUT2D eigenvalue weighted by atomic mass is 79.9. The van der Waals surface area contributed by atoms with Gasteiger partial charge >= 0.3 is 0 Å². The summed E-state index contributed by atoms with van der Waals surface area (Å²) < 4.78 is 34.6. The fourth-order valence-corrected chi connectivity index (χ4v) is 4.05. The molecule has 4 rings (SSSR count). The Morgan fingerprint density at radius 2 is 2.07 bits per heavy atom. The van der Waals surface area contributed by atoms with Crippen LogP contribution in [0.15, 0.2) is 22.7 Å². The first-order valence-electron chi connectivity index (χ1n) is 9.18. The average molecular weight is 468 g/mol. The SMILES string of the molecule is C[C@]1(C(N)=O)COc2c1cc([C@@](O)(CN)C1CC1)nc2-c1cc(F)c(Br)cc1F. The number of aliphatic hydroxyl groups is 1. The van der Waals surface area contributed by atoms with Crippen molar-refractivity contribution in [2.45, 2.75) is 30.8 Å². The monoisotopic (exact) mass is 467 g/mol. The molecule has 9 heteroatoms. The number of fused-ring (bicyclic) bond motifs is 1. The molecule has 154 valence electrons. The topological polar surface area (TPSA) is 111 Å². The Labute approximate surface area is 174 Å². The van der Waals surface area contributed by atoms with Crippen LogP contribution in [-0.4, -0.2) is 29.1 Å². The molecule has 1 saturated carbocycles. The summed E-state index contributed by atoms with van der Waals surface area (Å²) in [4.78, 5) is 16.6. The van der Waals surface area contributed by atoms with Crippen LogP contribution in [0, 0.1) is 17.6 Å². The van der Waals surface area contributed by atoms with Crippen LogP contribution < -0.4 is 16.2 Å². The number of hydrogen-bond donors (Lipinski definition) is 3. The third kappa shape index (κ3) is 3.03. The van der Waals surface area contributed by atoms with Crippen molar-refractivity contribution >= 4 is 21.8 Å². The number of halogens is 3. The van der Waals surface area contributed by atoms with Gasteiger partial charge in [-0.25, -0.2) is 13.8 Å². The van der Waals surface area contributed by atoms with E-state index in [-0.39, 0.29) is 46.2 Å². The minimum absolute atomic E-state index is 0.00102. The molecular formula is C20H20BrF2N3O3. The average Bonchev–Trinajstić information content (AvgIpc) is 3.48. The number of benzene rings is 1. The van der Waals surface area contributed by atoms with E-state index >= 15 is 0 Å². The highest BCUT2D eigenvalue weighted by Crippen LogP contribution is 2.50. The van der Waals surface area contributed by atoms with Crippen LogP contribution in [0.3, 0.4) is 0 Å². The molecule has 2 heterocycles. The zero-order valence-electron chi connectivity index (χ0n) is 15.6. The summed E-state index contributed by atoms with van der Waals surface area (Å²) in [6.45, 7) is 1.43. The van der Waals surface area contributed by atoms with Crippen molar-refractivity contribution in [1.82, 2.24) is 4.98 Å². The predicted molar refractivity (Wildman–Crippen MR) is 105 cm³/mol. The molecule has 2 atom stereocenters. The van der Waals surface area contributed by atoms with E-state index in [0.29, 0.717) is 5.56 Å². The second kappa shape index (κ2) is 6.72. The Balaban J connectivity index is 2.02. The fraction of sp³-hybridized carbons (Fsp3) is 0.400. The van der Waals surface area contributed by atoms with Gasteiger partial charge in [0.05, 0.1) is 10.2 Å². The normalized spacial score (nSPS) is 22.7. The lowest BCUT2D eigenvalue weighted by molar-refractivity contribution is -0.123. The Morgan fingerprint density at radius 3 is 2.66 bits per heavy atom. The number of pyridine rings is 1. The maximum absolute atomic E-state index is 14.7. The minimum Gasteiger partial charge on any atom is -0.489 e. The number of rotatable bonds is 5. The van der Waals surface area contributed by atoms with Crippen molar-refractivity contribution in [3.63, 3.8) is 0 Å². The molecular weight excluding hydrogens is 448 g/mol. The summed E-state index contributed by atoms with van der Waals surface area (Å²) in [5.41, 5.74) is 9.24. The summed E-state index contributed by atoms with van der Waals surface area (Å²) in [5.74, 6) is -2.01. The summed E-state index contributed by atoms with van der Waals surface area (Å²) in [5, 5.41) is 11.2. The van der Waals surface area contributed by atoms with Crippen molar-refractivity contribution in [2.24, 2.45) is 17.4 Å². The van der Waals surface area contributed by atoms with Crippen molar-refractivity contribution in [1.29, 1.82) is 0 Å². The van der Waals surface area contributed by atoms with Gasteiger partial charge in [-0.2, -0.15) is 0 Å². The molecule has 0 radical (unpaired) electrons. The molecule has 1 amide bonds. The smallest absolute Gasteiger partial charge is 0.231 e. The molecule has 0 unspecified atom stereocenters. The third-order valence-electron chi connectivity index (χ3n) is 5.89. The third-order valence-corrected chi connectivity index (χ3v) is 6.50. The summed E-state index contributed by atoms with van der Waals surface area (Å²) in [6.07, 6.45) is 1.54. The molecule has 0 bridgehead atoms. The quantitative estimate of drug-likeness (QED) is 0.584. The number of hydrogen-bond acceptors (Lipinski definition) is 5. The summed E-state index contributed by atoms with van der Waals surface area (Å²) >= 11 is 2.95. The fourth-order valence-electron chi connectivity index (χ4n) is 3.74. The molecule has 1 aromatic carbocycles. The van der Waals surface area contributed by atoms with E-state index in [1.54, 1.807) is 13.0 Å². The molecule has 0 saturated heterocycles. The first kappa shape index (κ1) is 20.2. The van der Waals surface area contributed by atoms with E-state index in [9.17, 15) is 18.7 Å². The number of primary amides is 1. The van der Waals surface area contributed by atoms with E-state index in [1.807, 2.05) is 0 Å². The van der Waals surface area contributed by atoms with Gasteiger partial charge in [0.2, 0.25) is 5.91 Å². The van der Waals surface area contributed by atoms with Gasteiger partial charge in [0.15, 0.2) is 0 Å². The number of aromatic nitrogens is 1. The lowest BCUT2D eigenvalue weighted by Crippen LogP contribution is -2.41. The molecule has 5 N–H and O–H groups in total. The van der Waals surface area contributed by atoms with Crippen molar-refractivity contribution in [2.75, 3.05) is 13.2 Å². The lowest BCUT2D eigenvalue weighted by Gasteiger charge is -2.28. The maximum atomic E-state index is 14.7. The molecule has 6 nitrogen and oxygen atoms in total. The Bertz CT molecular complexity index is 1030. The van der Waals surface area contributed by atoms with E-state index in [0.717, 1.165) is 25.0 Å². The van der Waals surface area contributed by atoms with Crippen LogP contribution in [-0.2, 0) is 15.8 Å². The molecule has 2 aliphatic rings. The standard InChI is InChI=1S/C20H20BrF2N3O3/c1-19(18(25)27)8-29-17-11(19)5-15(20(28,7-24)9-2-3-9)26-16(17)10-4-14(23)12(21)6-13(10)22/h4-6,9,28H,2-3,7-8,24H2,1H3,(H2,25,27)/t19-,20+/m0/s1. The molecule has 0 spiro atoms. The first-order chi connectivity index (χ1) is 13.6. The Kier molecular flexibility index (Phi) is 4.67. The number of nitrogens with zero attached hydrogens (tertiary/aromatic N) is 1. The number of ether oxygens (including phenoxy) is 1. The van der Waals surface area contributed by atoms with Gasteiger partial charge in [0, 0.05) is 17.7 Å². The maximum Gasteiger partial charge on any atom is 0.231 e. The molecule has 1 fully saturated rings. The lowest BCUT2D eigenvalue weighted by atomic mass is 9.81. The van der Waals surface area contributed by atoms with E-state index in [1.165, 1.54) is 0 Å². The second-order valence-corrected chi connectivity index (χ2v) is 8.72. The number of nitrogens with two attached hydrogens (primary N) is 2. The Morgan fingerprint density at radius 1 is 1.38 bits per heavy atom. The largest absolute Gasteiger partial charge is 0.489 e. The molecule has 1 aromatic heterocycles. The Hall–Kier alpha value is -2.10. The predicted octanol–water partition coefficient (Wildman–Crippen LogP) is 2.48. The number of carbonyl (C=O) groups excluding carboxylic acids is 1. The van der Waals surface area contributed by atoms with Crippen molar-refractivity contribution in [3.8, 4) is 17.0 Å². The van der Waals surface area contributed by atoms with Gasteiger partial charge in [-0.1, -0.05) is 0 Å². The highest BCUT2D eigenvalue weighted by Gasteiger charge is 2.49. The van der Waals surface area contributed by atoms with Gasteiger partial charge in [-0.3, -0.25) is 4.79 Å². The number of amides is 1. The van der Waals surface area contributed by atoms with Crippen molar-refractivity contribution in [3.05, 3.63) is 45.6 Å². The zero-order valence-corrected chi connectivity index (χ0v) is 17.2. The van der Waals surface area contributed by atoms with Gasteiger partial charge in [-0.15, -0.1) is 0 Å². The summed E-state index contributed by atoms with van der Waals surface area (Å²) in [7, 11) is 0. The van der Waals surface area contributed by atoms with Crippen molar-refractivity contribution < 1.29 is 23.4 Å².